The van der Waals surface area contributed by atoms with Crippen molar-refractivity contribution in [1.82, 2.24) is 16.0 Å². The fraction of sp³-hybridized carbons (Fsp3) is 1.00. The van der Waals surface area contributed by atoms with E-state index in [4.69, 9.17) is 0 Å². The molecule has 0 saturated carbocycles. The minimum absolute atomic E-state index is 0.471. The van der Waals surface area contributed by atoms with Crippen molar-refractivity contribution in [2.75, 3.05) is 19.6 Å². The lowest BCUT2D eigenvalue weighted by Gasteiger charge is -2.28. The quantitative estimate of drug-likeness (QED) is 0.535. The Labute approximate surface area is 68.9 Å². The molecule has 1 fully saturated rings. The average Bonchev–Trinajstić information content (AvgIpc) is 2.06. The largest absolute Gasteiger partial charge is 0.313 e. The van der Waals surface area contributed by atoms with Crippen LogP contribution in [0.4, 0.5) is 0 Å². The highest BCUT2D eigenvalue weighted by Crippen LogP contribution is 1.91. The van der Waals surface area contributed by atoms with Gasteiger partial charge in [-0.2, -0.15) is 0 Å². The first kappa shape index (κ1) is 8.97. The SMILES string of the molecule is CCC(C)NC1CNCCN1. The lowest BCUT2D eigenvalue weighted by Crippen LogP contribution is -2.57. The Balaban J connectivity index is 2.13. The summed E-state index contributed by atoms with van der Waals surface area (Å²) in [6, 6.07) is 0.618. The maximum Gasteiger partial charge on any atom is 0.0702 e. The number of nitrogens with one attached hydrogen (secondary N) is 3. The van der Waals surface area contributed by atoms with Crippen LogP contribution < -0.4 is 16.0 Å². The molecule has 0 aromatic carbocycles. The van der Waals surface area contributed by atoms with Crippen molar-refractivity contribution in [3.05, 3.63) is 0 Å². The van der Waals surface area contributed by atoms with Gasteiger partial charge in [-0.05, 0) is 13.3 Å². The molecule has 0 aromatic rings. The molecule has 1 saturated heterocycles. The molecule has 2 unspecified atom stereocenters. The van der Waals surface area contributed by atoms with Crippen molar-refractivity contribution in [3.63, 3.8) is 0 Å². The van der Waals surface area contributed by atoms with Gasteiger partial charge in [0, 0.05) is 25.7 Å². The molecule has 2 atom stereocenters. The monoisotopic (exact) mass is 157 g/mol. The predicted molar refractivity (Wildman–Crippen MR) is 47.5 cm³/mol. The summed E-state index contributed by atoms with van der Waals surface area (Å²) in [7, 11) is 0. The topological polar surface area (TPSA) is 36.1 Å². The van der Waals surface area contributed by atoms with Crippen molar-refractivity contribution in [3.8, 4) is 0 Å². The zero-order valence-corrected chi connectivity index (χ0v) is 7.48. The predicted octanol–water partition coefficient (Wildman–Crippen LogP) is -0.107. The van der Waals surface area contributed by atoms with Gasteiger partial charge in [0.2, 0.25) is 0 Å². The second-order valence-electron chi connectivity index (χ2n) is 3.19. The molecule has 0 radical (unpaired) electrons. The smallest absolute Gasteiger partial charge is 0.0702 e. The number of hydrogen-bond acceptors (Lipinski definition) is 3. The minimum atomic E-state index is 0.471. The van der Waals surface area contributed by atoms with Crippen LogP contribution >= 0.6 is 0 Å². The summed E-state index contributed by atoms with van der Waals surface area (Å²) in [6.45, 7) is 7.64. The summed E-state index contributed by atoms with van der Waals surface area (Å²) in [4.78, 5) is 0. The molecule has 1 rings (SSSR count). The van der Waals surface area contributed by atoms with E-state index >= 15 is 0 Å². The second kappa shape index (κ2) is 4.70. The Morgan fingerprint density at radius 3 is 2.91 bits per heavy atom. The Bertz CT molecular complexity index is 99.5. The first-order valence-corrected chi connectivity index (χ1v) is 4.53. The van der Waals surface area contributed by atoms with Gasteiger partial charge in [0.1, 0.15) is 0 Å². The molecule has 0 aromatic heterocycles. The van der Waals surface area contributed by atoms with E-state index in [1.807, 2.05) is 0 Å². The van der Waals surface area contributed by atoms with E-state index in [0.717, 1.165) is 19.6 Å². The van der Waals surface area contributed by atoms with E-state index in [1.165, 1.54) is 6.42 Å². The Hall–Kier alpha value is -0.120. The Morgan fingerprint density at radius 1 is 1.55 bits per heavy atom. The van der Waals surface area contributed by atoms with Crippen LogP contribution in [0.2, 0.25) is 0 Å². The highest BCUT2D eigenvalue weighted by molar-refractivity contribution is 4.75. The number of piperazine rings is 1. The first-order valence-electron chi connectivity index (χ1n) is 4.53. The van der Waals surface area contributed by atoms with Gasteiger partial charge < -0.3 is 5.32 Å². The van der Waals surface area contributed by atoms with E-state index in [0.29, 0.717) is 12.2 Å². The van der Waals surface area contributed by atoms with Crippen LogP contribution in [0.5, 0.6) is 0 Å². The molecule has 11 heavy (non-hydrogen) atoms. The second-order valence-corrected chi connectivity index (χ2v) is 3.19. The van der Waals surface area contributed by atoms with Crippen LogP contribution in [0.25, 0.3) is 0 Å². The van der Waals surface area contributed by atoms with Crippen LogP contribution in [0.15, 0.2) is 0 Å². The summed E-state index contributed by atoms with van der Waals surface area (Å²) < 4.78 is 0. The van der Waals surface area contributed by atoms with E-state index < -0.39 is 0 Å². The van der Waals surface area contributed by atoms with Crippen LogP contribution in [-0.4, -0.2) is 31.8 Å². The highest BCUT2D eigenvalue weighted by atomic mass is 15.2. The summed E-state index contributed by atoms with van der Waals surface area (Å²) >= 11 is 0. The summed E-state index contributed by atoms with van der Waals surface area (Å²) in [5.74, 6) is 0. The third kappa shape index (κ3) is 3.18. The first-order chi connectivity index (χ1) is 5.33. The van der Waals surface area contributed by atoms with Gasteiger partial charge in [0.05, 0.1) is 6.17 Å². The molecule has 3 N–H and O–H groups in total. The molecule has 3 nitrogen and oxygen atoms in total. The van der Waals surface area contributed by atoms with Gasteiger partial charge in [-0.25, -0.2) is 0 Å². The van der Waals surface area contributed by atoms with Crippen molar-refractivity contribution in [2.45, 2.75) is 32.5 Å². The van der Waals surface area contributed by atoms with Crippen molar-refractivity contribution in [1.29, 1.82) is 0 Å². The Morgan fingerprint density at radius 2 is 2.36 bits per heavy atom. The van der Waals surface area contributed by atoms with Crippen molar-refractivity contribution >= 4 is 0 Å². The van der Waals surface area contributed by atoms with E-state index in [9.17, 15) is 0 Å². The molecule has 66 valence electrons. The van der Waals surface area contributed by atoms with Gasteiger partial charge in [0.15, 0.2) is 0 Å². The molecular formula is C8H19N3. The standard InChI is InChI=1S/C8H19N3/c1-3-7(2)11-8-6-9-4-5-10-8/h7-11H,3-6H2,1-2H3. The summed E-state index contributed by atoms with van der Waals surface area (Å²) in [6.07, 6.45) is 1.66. The fourth-order valence-electron chi connectivity index (χ4n) is 1.23. The maximum absolute atomic E-state index is 3.49. The van der Waals surface area contributed by atoms with Crippen LogP contribution in [0.1, 0.15) is 20.3 Å². The molecule has 1 aliphatic rings. The van der Waals surface area contributed by atoms with E-state index in [-0.39, 0.29) is 0 Å². The molecule has 0 bridgehead atoms. The normalized spacial score (nSPS) is 28.4. The lowest BCUT2D eigenvalue weighted by atomic mass is 10.2. The average molecular weight is 157 g/mol. The van der Waals surface area contributed by atoms with Gasteiger partial charge in [0.25, 0.3) is 0 Å². The Kier molecular flexibility index (Phi) is 3.83. The van der Waals surface area contributed by atoms with Crippen molar-refractivity contribution < 1.29 is 0 Å². The molecule has 1 heterocycles. The third-order valence-corrected chi connectivity index (χ3v) is 2.14. The van der Waals surface area contributed by atoms with Gasteiger partial charge >= 0.3 is 0 Å². The number of hydrogen-bond donors (Lipinski definition) is 3. The molecular weight excluding hydrogens is 138 g/mol. The number of rotatable bonds is 3. The van der Waals surface area contributed by atoms with Gasteiger partial charge in [-0.15, -0.1) is 0 Å². The molecule has 1 aliphatic heterocycles. The zero-order valence-electron chi connectivity index (χ0n) is 7.48. The van der Waals surface area contributed by atoms with Crippen LogP contribution in [0, 0.1) is 0 Å². The minimum Gasteiger partial charge on any atom is -0.313 e. The van der Waals surface area contributed by atoms with Gasteiger partial charge in [-0.3, -0.25) is 10.6 Å². The van der Waals surface area contributed by atoms with E-state index in [2.05, 4.69) is 29.8 Å². The molecule has 3 heteroatoms. The third-order valence-electron chi connectivity index (χ3n) is 2.14. The van der Waals surface area contributed by atoms with Crippen LogP contribution in [-0.2, 0) is 0 Å². The maximum atomic E-state index is 3.49. The highest BCUT2D eigenvalue weighted by Gasteiger charge is 2.12. The summed E-state index contributed by atoms with van der Waals surface area (Å²) in [5.41, 5.74) is 0. The van der Waals surface area contributed by atoms with E-state index in [1.54, 1.807) is 0 Å². The molecule has 0 aliphatic carbocycles. The van der Waals surface area contributed by atoms with Gasteiger partial charge in [-0.1, -0.05) is 6.92 Å². The summed E-state index contributed by atoms with van der Waals surface area (Å²) in [5, 5.41) is 10.2. The van der Waals surface area contributed by atoms with Crippen molar-refractivity contribution in [2.24, 2.45) is 0 Å². The molecule has 0 spiro atoms. The lowest BCUT2D eigenvalue weighted by molar-refractivity contribution is 0.328. The molecule has 0 amide bonds. The fourth-order valence-corrected chi connectivity index (χ4v) is 1.23. The van der Waals surface area contributed by atoms with Crippen LogP contribution in [0.3, 0.4) is 0 Å². The zero-order chi connectivity index (χ0) is 8.10.